The highest BCUT2D eigenvalue weighted by Gasteiger charge is 2.30. The van der Waals surface area contributed by atoms with E-state index in [4.69, 9.17) is 4.74 Å². The molecule has 1 aliphatic rings. The number of thiophene rings is 1. The number of nitrogens with zero attached hydrogens (tertiary/aromatic N) is 2. The molecule has 2 amide bonds. The Kier molecular flexibility index (Phi) is 8.14. The Morgan fingerprint density at radius 3 is 2.59 bits per heavy atom. The van der Waals surface area contributed by atoms with E-state index in [1.165, 1.54) is 0 Å². The first kappa shape index (κ1) is 26.2. The van der Waals surface area contributed by atoms with Crippen LogP contribution < -0.4 is 15.5 Å². The molecule has 0 aliphatic carbocycles. The maximum atomic E-state index is 13.2. The van der Waals surface area contributed by atoms with E-state index < -0.39 is 17.7 Å². The van der Waals surface area contributed by atoms with Gasteiger partial charge in [0.15, 0.2) is 0 Å². The minimum absolute atomic E-state index is 0.0980. The monoisotopic (exact) mass is 516 g/mol. The third-order valence-corrected chi connectivity index (χ3v) is 6.99. The lowest BCUT2D eigenvalue weighted by atomic mass is 10.0. The van der Waals surface area contributed by atoms with Gasteiger partial charge < -0.3 is 20.3 Å². The molecule has 0 unspecified atom stereocenters. The number of ether oxygens (including phenoxy) is 1. The van der Waals surface area contributed by atoms with E-state index in [9.17, 15) is 14.9 Å². The zero-order valence-corrected chi connectivity index (χ0v) is 22.2. The smallest absolute Gasteiger partial charge is 0.408 e. The summed E-state index contributed by atoms with van der Waals surface area (Å²) in [5, 5.41) is 17.6. The van der Waals surface area contributed by atoms with E-state index in [1.54, 1.807) is 32.1 Å². The Balaban J connectivity index is 1.42. The first-order valence-electron chi connectivity index (χ1n) is 12.4. The molecule has 2 N–H and O–H groups in total. The topological polar surface area (TPSA) is 94.5 Å². The van der Waals surface area contributed by atoms with Gasteiger partial charge in [-0.05, 0) is 61.9 Å². The molecular weight excluding hydrogens is 484 g/mol. The highest BCUT2D eigenvalue weighted by atomic mass is 32.1. The van der Waals surface area contributed by atoms with Gasteiger partial charge in [0.25, 0.3) is 0 Å². The number of amides is 2. The number of nitrogens with one attached hydrogen (secondary N) is 2. The maximum Gasteiger partial charge on any atom is 0.408 e. The largest absolute Gasteiger partial charge is 0.444 e. The molecule has 0 radical (unpaired) electrons. The standard InChI is InChI=1S/C29H32N4O3S/c1-29(2,3)36-28(35)32-25(17-24-10-7-15-37-24)27(34)31-23-13-14-33(19-23)26-12-11-21(16-22(26)18-30)20-8-5-4-6-9-20/h4-12,15-16,23,25H,13-14,17,19H2,1-3H3,(H,31,34)(H,32,35)/t23-,25-/m0/s1. The Morgan fingerprint density at radius 1 is 1.14 bits per heavy atom. The van der Waals surface area contributed by atoms with E-state index in [-0.39, 0.29) is 11.9 Å². The highest BCUT2D eigenvalue weighted by Crippen LogP contribution is 2.29. The van der Waals surface area contributed by atoms with Crippen molar-refractivity contribution in [3.05, 3.63) is 76.5 Å². The van der Waals surface area contributed by atoms with Crippen molar-refractivity contribution in [3.63, 3.8) is 0 Å². The Labute approximate surface area is 222 Å². The number of benzene rings is 2. The van der Waals surface area contributed by atoms with Crippen molar-refractivity contribution in [2.75, 3.05) is 18.0 Å². The van der Waals surface area contributed by atoms with Crippen LogP contribution in [0.25, 0.3) is 11.1 Å². The minimum Gasteiger partial charge on any atom is -0.444 e. The van der Waals surface area contributed by atoms with E-state index in [1.807, 2.05) is 66.0 Å². The highest BCUT2D eigenvalue weighted by molar-refractivity contribution is 7.09. The molecule has 37 heavy (non-hydrogen) atoms. The first-order valence-corrected chi connectivity index (χ1v) is 13.3. The minimum atomic E-state index is -0.748. The number of carbonyl (C=O) groups excluding carboxylic acids is 2. The average molecular weight is 517 g/mol. The zero-order valence-electron chi connectivity index (χ0n) is 21.4. The quantitative estimate of drug-likeness (QED) is 0.455. The van der Waals surface area contributed by atoms with Crippen LogP contribution in [0.3, 0.4) is 0 Å². The Bertz CT molecular complexity index is 1260. The van der Waals surface area contributed by atoms with E-state index in [0.717, 1.165) is 34.7 Å². The Hall–Kier alpha value is -3.83. The van der Waals surface area contributed by atoms with Gasteiger partial charge in [-0.3, -0.25) is 4.79 Å². The second-order valence-electron chi connectivity index (χ2n) is 10.1. The molecule has 0 saturated carbocycles. The van der Waals surface area contributed by atoms with Crippen LogP contribution in [0.4, 0.5) is 10.5 Å². The molecule has 2 heterocycles. The molecular formula is C29H32N4O3S. The molecule has 7 nitrogen and oxygen atoms in total. The van der Waals surface area contributed by atoms with Crippen molar-refractivity contribution in [3.8, 4) is 17.2 Å². The van der Waals surface area contributed by atoms with E-state index in [0.29, 0.717) is 18.5 Å². The van der Waals surface area contributed by atoms with Crippen LogP contribution in [-0.4, -0.2) is 42.8 Å². The lowest BCUT2D eigenvalue weighted by Gasteiger charge is -2.24. The molecule has 192 valence electrons. The van der Waals surface area contributed by atoms with Crippen LogP contribution in [-0.2, 0) is 16.0 Å². The summed E-state index contributed by atoms with van der Waals surface area (Å²) in [6.07, 6.45) is 0.517. The summed E-state index contributed by atoms with van der Waals surface area (Å²) in [6, 6.07) is 21.3. The van der Waals surface area contributed by atoms with Crippen molar-refractivity contribution in [2.24, 2.45) is 0 Å². The lowest BCUT2D eigenvalue weighted by Crippen LogP contribution is -2.52. The van der Waals surface area contributed by atoms with Crippen molar-refractivity contribution in [2.45, 2.75) is 51.3 Å². The van der Waals surface area contributed by atoms with Gasteiger partial charge >= 0.3 is 6.09 Å². The predicted octanol–water partition coefficient (Wildman–Crippen LogP) is 5.12. The van der Waals surface area contributed by atoms with Gasteiger partial charge in [-0.15, -0.1) is 11.3 Å². The molecule has 0 spiro atoms. The summed E-state index contributed by atoms with van der Waals surface area (Å²) in [7, 11) is 0. The second kappa shape index (κ2) is 11.5. The number of carbonyl (C=O) groups is 2. The molecule has 1 saturated heterocycles. The average Bonchev–Trinajstić information content (AvgIpc) is 3.55. The number of alkyl carbamates (subject to hydrolysis) is 1. The van der Waals surface area contributed by atoms with Gasteiger partial charge in [0.1, 0.15) is 17.7 Å². The van der Waals surface area contributed by atoms with Gasteiger partial charge in [-0.25, -0.2) is 4.79 Å². The molecule has 1 fully saturated rings. The maximum absolute atomic E-state index is 13.2. The third kappa shape index (κ3) is 7.11. The molecule has 8 heteroatoms. The predicted molar refractivity (Wildman–Crippen MR) is 147 cm³/mol. The molecule has 1 aliphatic heterocycles. The fourth-order valence-corrected chi connectivity index (χ4v) is 5.15. The van der Waals surface area contributed by atoms with E-state index >= 15 is 0 Å². The first-order chi connectivity index (χ1) is 17.7. The van der Waals surface area contributed by atoms with Crippen LogP contribution in [0.2, 0.25) is 0 Å². The van der Waals surface area contributed by atoms with Crippen LogP contribution in [0.5, 0.6) is 0 Å². The fourth-order valence-electron chi connectivity index (χ4n) is 4.40. The van der Waals surface area contributed by atoms with Crippen molar-refractivity contribution in [1.29, 1.82) is 5.26 Å². The summed E-state index contributed by atoms with van der Waals surface area (Å²) in [5.74, 6) is -0.244. The van der Waals surface area contributed by atoms with Crippen molar-refractivity contribution in [1.82, 2.24) is 10.6 Å². The number of hydrogen-bond acceptors (Lipinski definition) is 6. The van der Waals surface area contributed by atoms with Crippen LogP contribution in [0.15, 0.2) is 66.0 Å². The van der Waals surface area contributed by atoms with Crippen LogP contribution in [0, 0.1) is 11.3 Å². The zero-order chi connectivity index (χ0) is 26.4. The van der Waals surface area contributed by atoms with Crippen LogP contribution in [0.1, 0.15) is 37.6 Å². The third-order valence-electron chi connectivity index (χ3n) is 6.09. The van der Waals surface area contributed by atoms with Crippen molar-refractivity contribution >= 4 is 29.0 Å². The summed E-state index contributed by atoms with van der Waals surface area (Å²) in [4.78, 5) is 28.8. The summed E-state index contributed by atoms with van der Waals surface area (Å²) in [6.45, 7) is 6.67. The van der Waals surface area contributed by atoms with E-state index in [2.05, 4.69) is 21.6 Å². The van der Waals surface area contributed by atoms with Gasteiger partial charge in [-0.2, -0.15) is 5.26 Å². The molecule has 3 aromatic rings. The molecule has 2 atom stereocenters. The summed E-state index contributed by atoms with van der Waals surface area (Å²) >= 11 is 1.54. The number of rotatable bonds is 7. The Morgan fingerprint density at radius 2 is 1.92 bits per heavy atom. The van der Waals surface area contributed by atoms with Gasteiger partial charge in [0, 0.05) is 30.4 Å². The molecule has 2 aromatic carbocycles. The van der Waals surface area contributed by atoms with Crippen molar-refractivity contribution < 1.29 is 14.3 Å². The summed E-state index contributed by atoms with van der Waals surface area (Å²) in [5.41, 5.74) is 2.87. The molecule has 4 rings (SSSR count). The van der Waals surface area contributed by atoms with Gasteiger partial charge in [0.2, 0.25) is 5.91 Å². The fraction of sp³-hybridized carbons (Fsp3) is 0.345. The number of anilines is 1. The van der Waals surface area contributed by atoms with Crippen LogP contribution >= 0.6 is 11.3 Å². The second-order valence-corrected chi connectivity index (χ2v) is 11.2. The van der Waals surface area contributed by atoms with Gasteiger partial charge in [-0.1, -0.05) is 42.5 Å². The molecule has 0 bridgehead atoms. The molecule has 1 aromatic heterocycles. The SMILES string of the molecule is CC(C)(C)OC(=O)N[C@@H](Cc1cccs1)C(=O)N[C@H]1CCN(c2ccc(-c3ccccc3)cc2C#N)C1. The van der Waals surface area contributed by atoms with Gasteiger partial charge in [0.05, 0.1) is 11.3 Å². The number of nitriles is 1. The summed E-state index contributed by atoms with van der Waals surface area (Å²) < 4.78 is 5.38. The normalized spacial score (nSPS) is 16.1. The number of hydrogen-bond donors (Lipinski definition) is 2. The lowest BCUT2D eigenvalue weighted by molar-refractivity contribution is -0.123.